The van der Waals surface area contributed by atoms with Gasteiger partial charge in [0.05, 0.1) is 33.5 Å². The largest absolute Gasteiger partial charge is 0.457 e. The van der Waals surface area contributed by atoms with Crippen LogP contribution in [-0.4, -0.2) is 16.2 Å². The molecule has 0 N–H and O–H groups in total. The lowest BCUT2D eigenvalue weighted by molar-refractivity contribution is 0.483. The van der Waals surface area contributed by atoms with Gasteiger partial charge in [0.15, 0.2) is 0 Å². The third-order valence-corrected chi connectivity index (χ3v) is 17.7. The summed E-state index contributed by atoms with van der Waals surface area (Å²) in [5.41, 5.74) is 22.2. The molecule has 0 amide bonds. The van der Waals surface area contributed by atoms with Crippen LogP contribution in [0.25, 0.3) is 61.0 Å². The van der Waals surface area contributed by atoms with Crippen molar-refractivity contribution in [1.82, 2.24) is 9.55 Å². The SMILES string of the molecule is CC(C)(C)c1ccc2c(c1)-c1cc(C(C)(C)C)ccc1C2(c1ccccc1)c1ccnc(-n2c3ccccc3c3ccc(Oc4cccc(N5CN(c6c(-c7ccccc7)cc(C(C)(C)C)cc6-c6ccccc6)c6ccccc65)c4)cc32)c1. The molecule has 2 aliphatic rings. The second kappa shape index (κ2) is 19.9. The number of fused-ring (bicyclic) bond motifs is 7. The highest BCUT2D eigenvalue weighted by atomic mass is 16.5. The molecule has 12 aromatic rings. The molecule has 0 saturated heterocycles. The zero-order chi connectivity index (χ0) is 57.7. The molecule has 0 unspecified atom stereocenters. The monoisotopic (exact) mass is 1090 g/mol. The topological polar surface area (TPSA) is 33.5 Å². The first kappa shape index (κ1) is 52.6. The normalized spacial score (nSPS) is 13.8. The van der Waals surface area contributed by atoms with E-state index < -0.39 is 5.41 Å². The van der Waals surface area contributed by atoms with Gasteiger partial charge in [0, 0.05) is 45.9 Å². The number of hydrogen-bond donors (Lipinski definition) is 0. The van der Waals surface area contributed by atoms with Crippen molar-refractivity contribution in [2.24, 2.45) is 0 Å². The fourth-order valence-corrected chi connectivity index (χ4v) is 13.3. The summed E-state index contributed by atoms with van der Waals surface area (Å²) >= 11 is 0. The van der Waals surface area contributed by atoms with Crippen molar-refractivity contribution in [3.63, 3.8) is 0 Å². The molecule has 0 saturated carbocycles. The predicted molar refractivity (Wildman–Crippen MR) is 351 cm³/mol. The molecule has 0 fully saturated rings. The van der Waals surface area contributed by atoms with E-state index in [1.165, 1.54) is 72.4 Å². The summed E-state index contributed by atoms with van der Waals surface area (Å²) in [6.45, 7) is 21.4. The van der Waals surface area contributed by atoms with Gasteiger partial charge >= 0.3 is 0 Å². The quantitative estimate of drug-likeness (QED) is 0.144. The van der Waals surface area contributed by atoms with Crippen LogP contribution in [0.1, 0.15) is 101 Å². The summed E-state index contributed by atoms with van der Waals surface area (Å²) in [4.78, 5) is 10.2. The molecule has 5 heteroatoms. The van der Waals surface area contributed by atoms with Crippen molar-refractivity contribution >= 4 is 44.6 Å². The molecule has 0 bridgehead atoms. The van der Waals surface area contributed by atoms with Gasteiger partial charge in [-0.05, 0) is 144 Å². The first-order valence-corrected chi connectivity index (χ1v) is 29.6. The fourth-order valence-electron chi connectivity index (χ4n) is 13.3. The van der Waals surface area contributed by atoms with Crippen LogP contribution in [0.5, 0.6) is 11.5 Å². The number of pyridine rings is 1. The minimum atomic E-state index is -0.618. The van der Waals surface area contributed by atoms with E-state index in [1.54, 1.807) is 0 Å². The van der Waals surface area contributed by atoms with Gasteiger partial charge < -0.3 is 14.5 Å². The van der Waals surface area contributed by atoms with Crippen molar-refractivity contribution in [2.45, 2.75) is 84.0 Å². The average Bonchev–Trinajstić information content (AvgIpc) is 1.60. The first-order chi connectivity index (χ1) is 40.5. The molecule has 14 rings (SSSR count). The summed E-state index contributed by atoms with van der Waals surface area (Å²) in [5.74, 6) is 2.34. The molecule has 0 atom stereocenters. The van der Waals surface area contributed by atoms with Crippen molar-refractivity contribution in [2.75, 3.05) is 16.5 Å². The minimum Gasteiger partial charge on any atom is -0.457 e. The Balaban J connectivity index is 0.868. The number of aromatic nitrogens is 2. The lowest BCUT2D eigenvalue weighted by Crippen LogP contribution is -2.29. The molecular weight excluding hydrogens is 1020 g/mol. The van der Waals surface area contributed by atoms with Crippen LogP contribution < -0.4 is 14.5 Å². The molecule has 3 heterocycles. The van der Waals surface area contributed by atoms with Crippen LogP contribution in [0, 0.1) is 0 Å². The van der Waals surface area contributed by atoms with Gasteiger partial charge in [-0.15, -0.1) is 0 Å². The number of benzene rings is 10. The molecule has 2 aromatic heterocycles. The Morgan fingerprint density at radius 1 is 0.393 bits per heavy atom. The molecule has 84 heavy (non-hydrogen) atoms. The zero-order valence-electron chi connectivity index (χ0n) is 49.6. The number of anilines is 4. The van der Waals surface area contributed by atoms with Crippen molar-refractivity contribution in [3.8, 4) is 50.7 Å². The summed E-state index contributed by atoms with van der Waals surface area (Å²) in [6, 6.07) is 89.3. The minimum absolute atomic E-state index is 0.0239. The highest BCUT2D eigenvalue weighted by Gasteiger charge is 2.47. The number of nitrogens with zero attached hydrogens (tertiary/aromatic N) is 4. The van der Waals surface area contributed by atoms with Gasteiger partial charge in [-0.1, -0.05) is 226 Å². The molecule has 1 aliphatic heterocycles. The second-order valence-corrected chi connectivity index (χ2v) is 26.1. The summed E-state index contributed by atoms with van der Waals surface area (Å²) < 4.78 is 9.35. The lowest BCUT2D eigenvalue weighted by atomic mass is 9.67. The molecular formula is C79H70N4O. The van der Waals surface area contributed by atoms with E-state index in [4.69, 9.17) is 9.72 Å². The van der Waals surface area contributed by atoms with Gasteiger partial charge in [-0.25, -0.2) is 4.98 Å². The molecule has 412 valence electrons. The van der Waals surface area contributed by atoms with Gasteiger partial charge in [0.1, 0.15) is 24.0 Å². The lowest BCUT2D eigenvalue weighted by Gasteiger charge is -2.34. The summed E-state index contributed by atoms with van der Waals surface area (Å²) in [5, 5.41) is 2.29. The van der Waals surface area contributed by atoms with Gasteiger partial charge in [0.2, 0.25) is 0 Å². The standard InChI is InChI=1S/C79H70N4O/c1-76(2,3)55-36-40-68-66(44-55)67-45-56(77(4,5)6)37-41-69(67)79(68,54-28-17-12-18-29-54)57-42-43-80-74(48-57)83-70-33-20-19-32-62(70)63-39-38-61(50-73(63)83)84-60-31-23-30-59(49-60)81-51-82(72-35-22-21-34-71(72)81)75-64(52-24-13-10-14-25-52)46-58(78(7,8)9)47-65(75)53-26-15-11-16-27-53/h10-50H,51H2,1-9H3. The van der Waals surface area contributed by atoms with E-state index in [2.05, 4.69) is 319 Å². The Hall–Kier alpha value is -9.45. The maximum absolute atomic E-state index is 7.02. The Morgan fingerprint density at radius 2 is 0.917 bits per heavy atom. The van der Waals surface area contributed by atoms with Crippen LogP contribution in [0.3, 0.4) is 0 Å². The van der Waals surface area contributed by atoms with Gasteiger partial charge in [-0.2, -0.15) is 0 Å². The highest BCUT2D eigenvalue weighted by Crippen LogP contribution is 2.58. The maximum Gasteiger partial charge on any atom is 0.137 e. The molecule has 10 aromatic carbocycles. The summed E-state index contributed by atoms with van der Waals surface area (Å²) in [7, 11) is 0. The maximum atomic E-state index is 7.02. The number of para-hydroxylation sites is 3. The van der Waals surface area contributed by atoms with Gasteiger partial charge in [0.25, 0.3) is 0 Å². The van der Waals surface area contributed by atoms with E-state index in [0.717, 1.165) is 61.7 Å². The van der Waals surface area contributed by atoms with Crippen LogP contribution >= 0.6 is 0 Å². The first-order valence-electron chi connectivity index (χ1n) is 29.6. The van der Waals surface area contributed by atoms with Crippen molar-refractivity contribution < 1.29 is 4.74 Å². The zero-order valence-corrected chi connectivity index (χ0v) is 49.6. The van der Waals surface area contributed by atoms with E-state index in [9.17, 15) is 0 Å². The van der Waals surface area contributed by atoms with Crippen molar-refractivity contribution in [1.29, 1.82) is 0 Å². The fraction of sp³-hybridized carbons (Fsp3) is 0.177. The smallest absolute Gasteiger partial charge is 0.137 e. The molecule has 5 nitrogen and oxygen atoms in total. The van der Waals surface area contributed by atoms with E-state index >= 15 is 0 Å². The third kappa shape index (κ3) is 8.79. The third-order valence-electron chi connectivity index (χ3n) is 17.7. The molecule has 1 aliphatic carbocycles. The van der Waals surface area contributed by atoms with E-state index in [-0.39, 0.29) is 16.2 Å². The Bertz CT molecular complexity index is 4370. The Kier molecular flexibility index (Phi) is 12.5. The highest BCUT2D eigenvalue weighted by molar-refractivity contribution is 6.09. The Labute approximate surface area is 495 Å². The molecule has 0 spiro atoms. The Morgan fingerprint density at radius 3 is 1.52 bits per heavy atom. The van der Waals surface area contributed by atoms with Crippen molar-refractivity contribution in [3.05, 3.63) is 288 Å². The van der Waals surface area contributed by atoms with Crippen LogP contribution in [0.15, 0.2) is 249 Å². The van der Waals surface area contributed by atoms with Gasteiger partial charge in [-0.3, -0.25) is 4.57 Å². The number of hydrogen-bond acceptors (Lipinski definition) is 4. The van der Waals surface area contributed by atoms with E-state index in [1.807, 2.05) is 6.20 Å². The predicted octanol–water partition coefficient (Wildman–Crippen LogP) is 20.8. The average molecular weight is 1090 g/mol. The second-order valence-electron chi connectivity index (χ2n) is 26.1. The number of ether oxygens (including phenoxy) is 1. The van der Waals surface area contributed by atoms with Crippen LogP contribution in [0.2, 0.25) is 0 Å². The van der Waals surface area contributed by atoms with Crippen LogP contribution in [-0.2, 0) is 21.7 Å². The summed E-state index contributed by atoms with van der Waals surface area (Å²) in [6.07, 6.45) is 2.01. The number of rotatable bonds is 9. The van der Waals surface area contributed by atoms with E-state index in [0.29, 0.717) is 6.67 Å². The van der Waals surface area contributed by atoms with Crippen LogP contribution in [0.4, 0.5) is 22.7 Å². The molecule has 0 radical (unpaired) electrons.